The van der Waals surface area contributed by atoms with Gasteiger partial charge in [-0.25, -0.2) is 0 Å². The molecule has 3 aromatic rings. The fourth-order valence-electron chi connectivity index (χ4n) is 2.36. The van der Waals surface area contributed by atoms with Crippen LogP contribution in [0.4, 0.5) is 0 Å². The lowest BCUT2D eigenvalue weighted by atomic mass is 10.1. The Balaban J connectivity index is 2.51. The zero-order valence-corrected chi connectivity index (χ0v) is 11.3. The van der Waals surface area contributed by atoms with Gasteiger partial charge in [-0.3, -0.25) is 4.98 Å². The maximum absolute atomic E-state index is 5.44. The molecular formula is C14H15N3S. The third kappa shape index (κ3) is 1.56. The normalized spacial score (nSPS) is 13.2. The predicted molar refractivity (Wildman–Crippen MR) is 77.4 cm³/mol. The van der Waals surface area contributed by atoms with Gasteiger partial charge in [-0.2, -0.15) is 0 Å². The Morgan fingerprint density at radius 1 is 1.39 bits per heavy atom. The molecular weight excluding hydrogens is 242 g/mol. The fraction of sp³-hybridized carbons (Fsp3) is 0.286. The molecule has 4 heteroatoms. The van der Waals surface area contributed by atoms with E-state index in [4.69, 9.17) is 12.2 Å². The minimum atomic E-state index is 0.386. The third-order valence-electron chi connectivity index (χ3n) is 3.48. The van der Waals surface area contributed by atoms with Crippen molar-refractivity contribution in [3.63, 3.8) is 0 Å². The van der Waals surface area contributed by atoms with Crippen LogP contribution in [0.15, 0.2) is 30.5 Å². The summed E-state index contributed by atoms with van der Waals surface area (Å²) in [6.07, 6.45) is 2.92. The van der Waals surface area contributed by atoms with E-state index in [2.05, 4.69) is 34.4 Å². The van der Waals surface area contributed by atoms with Crippen molar-refractivity contribution in [2.24, 2.45) is 0 Å². The third-order valence-corrected chi connectivity index (χ3v) is 3.78. The SMILES string of the molecule is CCC(C)n1c(=S)[nH]c2cnc3ccccc3c21. The van der Waals surface area contributed by atoms with Crippen LogP contribution in [-0.4, -0.2) is 14.5 Å². The van der Waals surface area contributed by atoms with Gasteiger partial charge >= 0.3 is 0 Å². The fourth-order valence-corrected chi connectivity index (χ4v) is 2.74. The van der Waals surface area contributed by atoms with Gasteiger partial charge in [0.1, 0.15) is 0 Å². The van der Waals surface area contributed by atoms with Crippen LogP contribution in [0.1, 0.15) is 26.3 Å². The van der Waals surface area contributed by atoms with E-state index >= 15 is 0 Å². The molecule has 3 nitrogen and oxygen atoms in total. The van der Waals surface area contributed by atoms with Crippen LogP contribution in [0.2, 0.25) is 0 Å². The van der Waals surface area contributed by atoms with E-state index in [0.717, 1.165) is 27.6 Å². The number of nitrogens with zero attached hydrogens (tertiary/aromatic N) is 2. The van der Waals surface area contributed by atoms with Crippen molar-refractivity contribution >= 4 is 34.2 Å². The maximum atomic E-state index is 5.44. The maximum Gasteiger partial charge on any atom is 0.178 e. The van der Waals surface area contributed by atoms with Crippen LogP contribution in [0.25, 0.3) is 21.9 Å². The number of aromatic nitrogens is 3. The first-order valence-electron chi connectivity index (χ1n) is 6.20. The molecule has 0 amide bonds. The topological polar surface area (TPSA) is 33.6 Å². The van der Waals surface area contributed by atoms with Crippen LogP contribution in [0, 0.1) is 4.77 Å². The van der Waals surface area contributed by atoms with E-state index in [-0.39, 0.29) is 0 Å². The lowest BCUT2D eigenvalue weighted by Crippen LogP contribution is -2.03. The summed E-state index contributed by atoms with van der Waals surface area (Å²) in [7, 11) is 0. The van der Waals surface area contributed by atoms with Gasteiger partial charge in [-0.05, 0) is 31.6 Å². The second-order valence-electron chi connectivity index (χ2n) is 4.60. The number of hydrogen-bond acceptors (Lipinski definition) is 2. The van der Waals surface area contributed by atoms with Crippen molar-refractivity contribution < 1.29 is 0 Å². The molecule has 0 fully saturated rings. The number of para-hydroxylation sites is 1. The number of aromatic amines is 1. The van der Waals surface area contributed by atoms with Crippen LogP contribution in [-0.2, 0) is 0 Å². The van der Waals surface area contributed by atoms with Gasteiger partial charge in [-0.1, -0.05) is 25.1 Å². The minimum Gasteiger partial charge on any atom is -0.329 e. The number of pyridine rings is 1. The van der Waals surface area contributed by atoms with Crippen LogP contribution in [0.5, 0.6) is 0 Å². The number of H-pyrrole nitrogens is 1. The summed E-state index contributed by atoms with van der Waals surface area (Å²) >= 11 is 5.44. The van der Waals surface area contributed by atoms with Gasteiger partial charge in [0.05, 0.1) is 22.7 Å². The van der Waals surface area contributed by atoms with E-state index in [9.17, 15) is 0 Å². The molecule has 92 valence electrons. The molecule has 0 aliphatic rings. The molecule has 0 radical (unpaired) electrons. The molecule has 1 aromatic carbocycles. The Morgan fingerprint density at radius 3 is 2.94 bits per heavy atom. The molecule has 0 aliphatic carbocycles. The van der Waals surface area contributed by atoms with E-state index in [1.54, 1.807) is 0 Å². The minimum absolute atomic E-state index is 0.386. The average molecular weight is 257 g/mol. The average Bonchev–Trinajstić information content (AvgIpc) is 2.74. The van der Waals surface area contributed by atoms with Crippen molar-refractivity contribution in [1.82, 2.24) is 14.5 Å². The van der Waals surface area contributed by atoms with E-state index in [1.807, 2.05) is 24.4 Å². The smallest absolute Gasteiger partial charge is 0.178 e. The Kier molecular flexibility index (Phi) is 2.67. The van der Waals surface area contributed by atoms with Crippen molar-refractivity contribution in [3.05, 3.63) is 35.2 Å². The summed E-state index contributed by atoms with van der Waals surface area (Å²) in [6, 6.07) is 8.58. The lowest BCUT2D eigenvalue weighted by molar-refractivity contribution is 0.539. The second-order valence-corrected chi connectivity index (χ2v) is 4.98. The highest BCUT2D eigenvalue weighted by atomic mass is 32.1. The van der Waals surface area contributed by atoms with Gasteiger partial charge in [0, 0.05) is 11.4 Å². The summed E-state index contributed by atoms with van der Waals surface area (Å²) in [5.41, 5.74) is 3.19. The van der Waals surface area contributed by atoms with Crippen molar-refractivity contribution in [1.29, 1.82) is 0 Å². The monoisotopic (exact) mass is 257 g/mol. The number of benzene rings is 1. The first-order valence-corrected chi connectivity index (χ1v) is 6.61. The van der Waals surface area contributed by atoms with Crippen molar-refractivity contribution in [2.45, 2.75) is 26.3 Å². The molecule has 2 heterocycles. The van der Waals surface area contributed by atoms with Gasteiger partial charge in [0.2, 0.25) is 0 Å². The number of fused-ring (bicyclic) bond motifs is 3. The largest absolute Gasteiger partial charge is 0.329 e. The quantitative estimate of drug-likeness (QED) is 0.697. The van der Waals surface area contributed by atoms with Crippen LogP contribution < -0.4 is 0 Å². The molecule has 0 saturated heterocycles. The highest BCUT2D eigenvalue weighted by Crippen LogP contribution is 2.27. The predicted octanol–water partition coefficient (Wildman–Crippen LogP) is 4.22. The molecule has 0 bridgehead atoms. The molecule has 2 aromatic heterocycles. The van der Waals surface area contributed by atoms with E-state index in [1.165, 1.54) is 5.52 Å². The first-order chi connectivity index (χ1) is 8.72. The summed E-state index contributed by atoms with van der Waals surface area (Å²) in [5.74, 6) is 0. The molecule has 18 heavy (non-hydrogen) atoms. The summed E-state index contributed by atoms with van der Waals surface area (Å²) in [6.45, 7) is 4.37. The zero-order chi connectivity index (χ0) is 12.7. The molecule has 1 N–H and O–H groups in total. The molecule has 3 rings (SSSR count). The van der Waals surface area contributed by atoms with Gasteiger partial charge in [-0.15, -0.1) is 0 Å². The highest BCUT2D eigenvalue weighted by molar-refractivity contribution is 7.71. The van der Waals surface area contributed by atoms with Gasteiger partial charge < -0.3 is 9.55 Å². The van der Waals surface area contributed by atoms with Gasteiger partial charge in [0.25, 0.3) is 0 Å². The molecule has 0 spiro atoms. The molecule has 0 saturated carbocycles. The number of nitrogens with one attached hydrogen (secondary N) is 1. The Hall–Kier alpha value is -1.68. The van der Waals surface area contributed by atoms with Crippen LogP contribution >= 0.6 is 12.2 Å². The number of imidazole rings is 1. The Morgan fingerprint density at radius 2 is 2.17 bits per heavy atom. The summed E-state index contributed by atoms with van der Waals surface area (Å²) in [4.78, 5) is 7.71. The standard InChI is InChI=1S/C14H15N3S/c1-3-9(2)17-13-10-6-4-5-7-11(10)15-8-12(13)16-14(17)18/h4-9H,3H2,1-2H3,(H,16,18). The highest BCUT2D eigenvalue weighted by Gasteiger charge is 2.12. The molecule has 0 aliphatic heterocycles. The summed E-state index contributed by atoms with van der Waals surface area (Å²) in [5, 5.41) is 1.16. The van der Waals surface area contributed by atoms with Crippen molar-refractivity contribution in [2.75, 3.05) is 0 Å². The van der Waals surface area contributed by atoms with E-state index in [0.29, 0.717) is 6.04 Å². The summed E-state index contributed by atoms with van der Waals surface area (Å²) < 4.78 is 2.98. The van der Waals surface area contributed by atoms with E-state index < -0.39 is 0 Å². The van der Waals surface area contributed by atoms with Crippen molar-refractivity contribution in [3.8, 4) is 0 Å². The van der Waals surface area contributed by atoms with Gasteiger partial charge in [0.15, 0.2) is 4.77 Å². The zero-order valence-electron chi connectivity index (χ0n) is 10.5. The Bertz CT molecular complexity index is 769. The Labute approximate surface area is 110 Å². The molecule has 1 atom stereocenters. The molecule has 1 unspecified atom stereocenters. The first kappa shape index (κ1) is 11.4. The number of hydrogen-bond donors (Lipinski definition) is 1. The lowest BCUT2D eigenvalue weighted by Gasteiger charge is -2.12. The van der Waals surface area contributed by atoms with Crippen LogP contribution in [0.3, 0.4) is 0 Å². The second kappa shape index (κ2) is 4.21. The number of rotatable bonds is 2.